The highest BCUT2D eigenvalue weighted by atomic mass is 127. The summed E-state index contributed by atoms with van der Waals surface area (Å²) in [6.07, 6.45) is 0.983. The van der Waals surface area contributed by atoms with Gasteiger partial charge in [-0.3, -0.25) is 4.99 Å². The van der Waals surface area contributed by atoms with Crippen LogP contribution in [0, 0.1) is 6.92 Å². The highest BCUT2D eigenvalue weighted by Gasteiger charge is 2.20. The van der Waals surface area contributed by atoms with Crippen LogP contribution < -0.4 is 10.2 Å². The Balaban J connectivity index is 0.00000288. The molecule has 0 saturated carbocycles. The molecular weight excluding hydrogens is 439 g/mol. The number of aryl methyl sites for hydroxylation is 1. The summed E-state index contributed by atoms with van der Waals surface area (Å²) in [5.41, 5.74) is 2.50. The summed E-state index contributed by atoms with van der Waals surface area (Å²) in [5.74, 6) is 0.976. The Morgan fingerprint density at radius 2 is 2.00 bits per heavy atom. The zero-order valence-electron chi connectivity index (χ0n) is 14.7. The number of nitrogens with zero attached hydrogens (tertiary/aromatic N) is 3. The molecule has 0 atom stereocenters. The van der Waals surface area contributed by atoms with Crippen molar-refractivity contribution < 1.29 is 4.74 Å². The lowest BCUT2D eigenvalue weighted by atomic mass is 10.1. The number of benzene rings is 1. The van der Waals surface area contributed by atoms with Gasteiger partial charge in [0.15, 0.2) is 5.96 Å². The van der Waals surface area contributed by atoms with E-state index in [2.05, 4.69) is 39.2 Å². The van der Waals surface area contributed by atoms with E-state index < -0.39 is 0 Å². The fraction of sp³-hybridized carbons (Fsp3) is 0.588. The van der Waals surface area contributed by atoms with Crippen molar-refractivity contribution in [1.29, 1.82) is 0 Å². The zero-order valence-corrected chi connectivity index (χ0v) is 17.8. The van der Waals surface area contributed by atoms with E-state index >= 15 is 0 Å². The van der Waals surface area contributed by atoms with Crippen LogP contribution in [0.25, 0.3) is 0 Å². The Morgan fingerprint density at radius 3 is 2.62 bits per heavy atom. The molecule has 1 saturated heterocycles. The minimum absolute atomic E-state index is 0. The zero-order chi connectivity index (χ0) is 16.7. The maximum atomic E-state index is 6.14. The van der Waals surface area contributed by atoms with Crippen molar-refractivity contribution in [3.05, 3.63) is 28.8 Å². The lowest BCUT2D eigenvalue weighted by Gasteiger charge is -2.38. The van der Waals surface area contributed by atoms with Gasteiger partial charge in [0.1, 0.15) is 0 Å². The number of halogens is 2. The first-order valence-electron chi connectivity index (χ1n) is 8.11. The number of aliphatic imine (C=N–C) groups is 1. The van der Waals surface area contributed by atoms with Gasteiger partial charge in [0.05, 0.1) is 0 Å². The molecular formula is C17H28ClIN4O. The van der Waals surface area contributed by atoms with Crippen LogP contribution in [0.3, 0.4) is 0 Å². The third kappa shape index (κ3) is 5.97. The van der Waals surface area contributed by atoms with Crippen LogP contribution in [-0.4, -0.2) is 64.3 Å². The van der Waals surface area contributed by atoms with Crippen molar-refractivity contribution in [2.75, 3.05) is 58.4 Å². The van der Waals surface area contributed by atoms with Gasteiger partial charge < -0.3 is 19.9 Å². The predicted molar refractivity (Wildman–Crippen MR) is 113 cm³/mol. The minimum atomic E-state index is 0. The number of anilines is 1. The molecule has 0 unspecified atom stereocenters. The standard InChI is InChI=1S/C17H27ClN4O.HI/c1-14-5-6-15(18)13-16(14)21-8-10-22(11-9-21)17(19-2)20-7-4-12-23-3;/h5-6,13H,4,7-12H2,1-3H3,(H,19,20);1H. The number of methoxy groups -OCH3 is 1. The van der Waals surface area contributed by atoms with Crippen molar-refractivity contribution >= 4 is 47.2 Å². The fourth-order valence-corrected chi connectivity index (χ4v) is 3.00. The molecule has 24 heavy (non-hydrogen) atoms. The van der Waals surface area contributed by atoms with Crippen molar-refractivity contribution in [2.24, 2.45) is 4.99 Å². The van der Waals surface area contributed by atoms with E-state index in [4.69, 9.17) is 16.3 Å². The molecule has 0 spiro atoms. The second-order valence-electron chi connectivity index (χ2n) is 5.73. The van der Waals surface area contributed by atoms with E-state index in [9.17, 15) is 0 Å². The summed E-state index contributed by atoms with van der Waals surface area (Å²) in [5, 5.41) is 4.20. The molecule has 1 heterocycles. The fourth-order valence-electron chi connectivity index (χ4n) is 2.83. The number of piperazine rings is 1. The van der Waals surface area contributed by atoms with Gasteiger partial charge in [-0.1, -0.05) is 17.7 Å². The predicted octanol–water partition coefficient (Wildman–Crippen LogP) is 3.00. The molecule has 1 aliphatic rings. The lowest BCUT2D eigenvalue weighted by molar-refractivity contribution is 0.195. The van der Waals surface area contributed by atoms with Gasteiger partial charge in [0.25, 0.3) is 0 Å². The molecule has 136 valence electrons. The lowest BCUT2D eigenvalue weighted by Crippen LogP contribution is -2.52. The largest absolute Gasteiger partial charge is 0.385 e. The molecule has 1 N–H and O–H groups in total. The molecule has 7 heteroatoms. The molecule has 1 aromatic carbocycles. The Kier molecular flexibility index (Phi) is 9.76. The van der Waals surface area contributed by atoms with Gasteiger partial charge in [-0.05, 0) is 31.0 Å². The molecule has 0 amide bonds. The van der Waals surface area contributed by atoms with E-state index in [1.54, 1.807) is 7.11 Å². The summed E-state index contributed by atoms with van der Waals surface area (Å²) in [6.45, 7) is 7.64. The molecule has 0 radical (unpaired) electrons. The Morgan fingerprint density at radius 1 is 1.29 bits per heavy atom. The number of hydrogen-bond acceptors (Lipinski definition) is 3. The van der Waals surface area contributed by atoms with Gasteiger partial charge in [-0.25, -0.2) is 0 Å². The first-order valence-corrected chi connectivity index (χ1v) is 8.49. The average molecular weight is 467 g/mol. The van der Waals surface area contributed by atoms with Crippen LogP contribution in [0.2, 0.25) is 5.02 Å². The highest BCUT2D eigenvalue weighted by Crippen LogP contribution is 2.25. The molecule has 5 nitrogen and oxygen atoms in total. The topological polar surface area (TPSA) is 40.1 Å². The summed E-state index contributed by atoms with van der Waals surface area (Å²) in [7, 11) is 3.57. The van der Waals surface area contributed by atoms with Crippen LogP contribution in [-0.2, 0) is 4.74 Å². The molecule has 1 aliphatic heterocycles. The van der Waals surface area contributed by atoms with Crippen LogP contribution in [0.4, 0.5) is 5.69 Å². The second-order valence-corrected chi connectivity index (χ2v) is 6.16. The minimum Gasteiger partial charge on any atom is -0.385 e. The summed E-state index contributed by atoms with van der Waals surface area (Å²) >= 11 is 6.14. The van der Waals surface area contributed by atoms with Gasteiger partial charge in [0, 0.05) is 64.2 Å². The summed E-state index contributed by atoms with van der Waals surface area (Å²) in [4.78, 5) is 9.10. The molecule has 0 bridgehead atoms. The van der Waals surface area contributed by atoms with E-state index in [0.29, 0.717) is 0 Å². The maximum Gasteiger partial charge on any atom is 0.193 e. The Hall–Kier alpha value is -0.730. The molecule has 2 rings (SSSR count). The number of rotatable bonds is 5. The quantitative estimate of drug-likeness (QED) is 0.313. The van der Waals surface area contributed by atoms with E-state index in [1.165, 1.54) is 11.3 Å². The van der Waals surface area contributed by atoms with Crippen LogP contribution in [0.5, 0.6) is 0 Å². The summed E-state index contributed by atoms with van der Waals surface area (Å²) < 4.78 is 5.08. The number of guanidine groups is 1. The number of hydrogen-bond donors (Lipinski definition) is 1. The van der Waals surface area contributed by atoms with Gasteiger partial charge in [-0.2, -0.15) is 0 Å². The monoisotopic (exact) mass is 466 g/mol. The van der Waals surface area contributed by atoms with Crippen molar-refractivity contribution in [3.63, 3.8) is 0 Å². The third-order valence-electron chi connectivity index (χ3n) is 4.11. The van der Waals surface area contributed by atoms with Gasteiger partial charge in [0.2, 0.25) is 0 Å². The van der Waals surface area contributed by atoms with Crippen molar-refractivity contribution in [3.8, 4) is 0 Å². The number of ether oxygens (including phenoxy) is 1. The Labute approximate surface area is 167 Å². The van der Waals surface area contributed by atoms with Gasteiger partial charge >= 0.3 is 0 Å². The molecule has 1 aromatic rings. The summed E-state index contributed by atoms with van der Waals surface area (Å²) in [6, 6.07) is 6.09. The van der Waals surface area contributed by atoms with E-state index in [0.717, 1.165) is 56.7 Å². The van der Waals surface area contributed by atoms with E-state index in [1.807, 2.05) is 13.1 Å². The normalized spacial score (nSPS) is 15.2. The molecule has 0 aliphatic carbocycles. The number of nitrogens with one attached hydrogen (secondary N) is 1. The maximum absolute atomic E-state index is 6.14. The SMILES string of the molecule is CN=C(NCCCOC)N1CCN(c2cc(Cl)ccc2C)CC1.I. The average Bonchev–Trinajstić information content (AvgIpc) is 2.57. The van der Waals surface area contributed by atoms with Gasteiger partial charge in [-0.15, -0.1) is 24.0 Å². The smallest absolute Gasteiger partial charge is 0.193 e. The first-order chi connectivity index (χ1) is 11.2. The molecule has 0 aromatic heterocycles. The Bertz CT molecular complexity index is 533. The van der Waals surface area contributed by atoms with Crippen molar-refractivity contribution in [1.82, 2.24) is 10.2 Å². The van der Waals surface area contributed by atoms with E-state index in [-0.39, 0.29) is 24.0 Å². The van der Waals surface area contributed by atoms with Crippen molar-refractivity contribution in [2.45, 2.75) is 13.3 Å². The molecule has 1 fully saturated rings. The highest BCUT2D eigenvalue weighted by molar-refractivity contribution is 14.0. The third-order valence-corrected chi connectivity index (χ3v) is 4.35. The van der Waals surface area contributed by atoms with Crippen LogP contribution in [0.15, 0.2) is 23.2 Å². The van der Waals surface area contributed by atoms with Crippen LogP contribution >= 0.6 is 35.6 Å². The first kappa shape index (κ1) is 21.3. The van der Waals surface area contributed by atoms with Crippen LogP contribution in [0.1, 0.15) is 12.0 Å². The second kappa shape index (κ2) is 11.0.